The summed E-state index contributed by atoms with van der Waals surface area (Å²) in [5.41, 5.74) is 0.634. The third-order valence-corrected chi connectivity index (χ3v) is 2.47. The molecule has 0 fully saturated rings. The van der Waals surface area contributed by atoms with Gasteiger partial charge in [-0.3, -0.25) is 4.79 Å². The maximum atomic E-state index is 10.3. The van der Waals surface area contributed by atoms with Gasteiger partial charge in [-0.1, -0.05) is 23.2 Å². The van der Waals surface area contributed by atoms with Crippen molar-refractivity contribution in [2.45, 2.75) is 6.92 Å². The molecule has 15 heavy (non-hydrogen) atoms. The third kappa shape index (κ3) is 3.94. The molecule has 4 heteroatoms. The van der Waals surface area contributed by atoms with Crippen molar-refractivity contribution in [2.24, 2.45) is 0 Å². The molecule has 0 N–H and O–H groups in total. The van der Waals surface area contributed by atoms with Crippen LogP contribution < -0.4 is 4.74 Å². The number of carbonyl (C=O) groups excluding carboxylic acids is 1. The summed E-state index contributed by atoms with van der Waals surface area (Å²) in [5.74, 6) is 0.624. The average molecular weight is 245 g/mol. The number of allylic oxidation sites excluding steroid dienone is 1. The monoisotopic (exact) mass is 244 g/mol. The number of hydrogen-bond acceptors (Lipinski definition) is 2. The van der Waals surface area contributed by atoms with Crippen LogP contribution in [0.25, 0.3) is 0 Å². The molecule has 0 bridgehead atoms. The van der Waals surface area contributed by atoms with Gasteiger partial charge in [-0.15, -0.1) is 0 Å². The Morgan fingerprint density at radius 2 is 2.13 bits per heavy atom. The van der Waals surface area contributed by atoms with Crippen LogP contribution in [0.15, 0.2) is 29.8 Å². The molecule has 0 heterocycles. The van der Waals surface area contributed by atoms with Crippen LogP contribution in [-0.2, 0) is 4.79 Å². The number of aldehydes is 1. The molecular weight excluding hydrogens is 235 g/mol. The fraction of sp³-hybridized carbons (Fsp3) is 0.182. The lowest BCUT2D eigenvalue weighted by Gasteiger charge is -2.04. The Hall–Kier alpha value is -0.990. The molecule has 0 spiro atoms. The molecule has 0 aliphatic heterocycles. The average Bonchev–Trinajstić information content (AvgIpc) is 2.23. The molecule has 0 saturated carbocycles. The first-order valence-corrected chi connectivity index (χ1v) is 5.09. The minimum absolute atomic E-state index is 0.336. The van der Waals surface area contributed by atoms with Crippen molar-refractivity contribution in [1.82, 2.24) is 0 Å². The smallest absolute Gasteiger partial charge is 0.145 e. The van der Waals surface area contributed by atoms with E-state index in [-0.39, 0.29) is 0 Å². The van der Waals surface area contributed by atoms with E-state index in [0.29, 0.717) is 28.0 Å². The molecule has 0 radical (unpaired) electrons. The molecule has 1 aromatic carbocycles. The van der Waals surface area contributed by atoms with E-state index in [0.717, 1.165) is 6.29 Å². The molecule has 0 aliphatic carbocycles. The Kier molecular flexibility index (Phi) is 4.66. The minimum atomic E-state index is 0.336. The fourth-order valence-corrected chi connectivity index (χ4v) is 1.17. The first kappa shape index (κ1) is 12.1. The normalized spacial score (nSPS) is 11.3. The van der Waals surface area contributed by atoms with Crippen LogP contribution in [0.5, 0.6) is 5.75 Å². The molecule has 0 amide bonds. The van der Waals surface area contributed by atoms with Crippen molar-refractivity contribution in [2.75, 3.05) is 6.61 Å². The number of hydrogen-bond donors (Lipinski definition) is 0. The molecular formula is C11H10Cl2O2. The summed E-state index contributed by atoms with van der Waals surface area (Å²) in [6.45, 7) is 2.05. The summed E-state index contributed by atoms with van der Waals surface area (Å²) in [6.07, 6.45) is 2.47. The first-order chi connectivity index (χ1) is 7.13. The van der Waals surface area contributed by atoms with E-state index in [1.165, 1.54) is 0 Å². The molecule has 80 valence electrons. The van der Waals surface area contributed by atoms with Gasteiger partial charge in [0.1, 0.15) is 18.6 Å². The molecule has 0 atom stereocenters. The van der Waals surface area contributed by atoms with Crippen molar-refractivity contribution >= 4 is 29.5 Å². The van der Waals surface area contributed by atoms with E-state index in [2.05, 4.69) is 0 Å². The topological polar surface area (TPSA) is 26.3 Å². The van der Waals surface area contributed by atoms with Gasteiger partial charge >= 0.3 is 0 Å². The Morgan fingerprint density at radius 3 is 2.73 bits per heavy atom. The molecule has 0 unspecified atom stereocenters. The van der Waals surface area contributed by atoms with Crippen LogP contribution in [0.3, 0.4) is 0 Å². The van der Waals surface area contributed by atoms with Gasteiger partial charge in [0.05, 0.1) is 10.0 Å². The van der Waals surface area contributed by atoms with Crippen LogP contribution in [-0.4, -0.2) is 12.9 Å². The highest BCUT2D eigenvalue weighted by atomic mass is 35.5. The fourth-order valence-electron chi connectivity index (χ4n) is 0.884. The molecule has 0 saturated heterocycles. The van der Waals surface area contributed by atoms with Gasteiger partial charge in [0.25, 0.3) is 0 Å². The first-order valence-electron chi connectivity index (χ1n) is 4.33. The number of rotatable bonds is 4. The number of carbonyl (C=O) groups is 1. The van der Waals surface area contributed by atoms with E-state index in [4.69, 9.17) is 27.9 Å². The van der Waals surface area contributed by atoms with Gasteiger partial charge in [0.15, 0.2) is 0 Å². The number of ether oxygens (including phenoxy) is 1. The standard InChI is InChI=1S/C11H10Cl2O2/c1-8(7-14)4-5-15-9-2-3-10(12)11(13)6-9/h2-4,6-7H,5H2,1H3/b8-4+. The zero-order valence-electron chi connectivity index (χ0n) is 8.17. The Balaban J connectivity index is 2.58. The summed E-state index contributed by atoms with van der Waals surface area (Å²) in [7, 11) is 0. The van der Waals surface area contributed by atoms with Crippen molar-refractivity contribution in [3.63, 3.8) is 0 Å². The van der Waals surface area contributed by atoms with Gasteiger partial charge in [-0.2, -0.15) is 0 Å². The van der Waals surface area contributed by atoms with E-state index in [1.807, 2.05) is 0 Å². The zero-order valence-corrected chi connectivity index (χ0v) is 9.68. The second-order valence-corrected chi connectivity index (χ2v) is 3.77. The van der Waals surface area contributed by atoms with Gasteiger partial charge in [-0.25, -0.2) is 0 Å². The third-order valence-electron chi connectivity index (χ3n) is 1.73. The van der Waals surface area contributed by atoms with Crippen LogP contribution in [0.1, 0.15) is 6.92 Å². The number of halogens is 2. The predicted molar refractivity (Wildman–Crippen MR) is 61.8 cm³/mol. The molecule has 1 aromatic rings. The van der Waals surface area contributed by atoms with Crippen molar-refractivity contribution in [1.29, 1.82) is 0 Å². The van der Waals surface area contributed by atoms with Crippen LogP contribution in [0.2, 0.25) is 10.0 Å². The maximum absolute atomic E-state index is 10.3. The van der Waals surface area contributed by atoms with Gasteiger partial charge < -0.3 is 4.74 Å². The highest BCUT2D eigenvalue weighted by Gasteiger charge is 1.99. The van der Waals surface area contributed by atoms with Crippen molar-refractivity contribution in [3.05, 3.63) is 39.9 Å². The zero-order chi connectivity index (χ0) is 11.3. The Labute approximate surface area is 98.4 Å². The number of benzene rings is 1. The van der Waals surface area contributed by atoms with E-state index in [9.17, 15) is 4.79 Å². The Morgan fingerprint density at radius 1 is 1.40 bits per heavy atom. The summed E-state index contributed by atoms with van der Waals surface area (Å²) in [4.78, 5) is 10.3. The summed E-state index contributed by atoms with van der Waals surface area (Å²) in [5, 5.41) is 0.939. The summed E-state index contributed by atoms with van der Waals surface area (Å²) in [6, 6.07) is 5.02. The molecule has 1 rings (SSSR count). The quantitative estimate of drug-likeness (QED) is 0.599. The van der Waals surface area contributed by atoms with Gasteiger partial charge in [0.2, 0.25) is 0 Å². The lowest BCUT2D eigenvalue weighted by Crippen LogP contribution is -1.94. The van der Waals surface area contributed by atoms with Crippen LogP contribution in [0.4, 0.5) is 0 Å². The largest absolute Gasteiger partial charge is 0.489 e. The second-order valence-electron chi connectivity index (χ2n) is 2.95. The Bertz CT molecular complexity index is 386. The van der Waals surface area contributed by atoms with E-state index < -0.39 is 0 Å². The van der Waals surface area contributed by atoms with Crippen molar-refractivity contribution in [3.8, 4) is 5.75 Å². The van der Waals surface area contributed by atoms with Crippen molar-refractivity contribution < 1.29 is 9.53 Å². The van der Waals surface area contributed by atoms with Gasteiger partial charge in [-0.05, 0) is 30.7 Å². The predicted octanol–water partition coefficient (Wildman–Crippen LogP) is 3.52. The van der Waals surface area contributed by atoms with Crippen LogP contribution in [0, 0.1) is 0 Å². The highest BCUT2D eigenvalue weighted by Crippen LogP contribution is 2.26. The van der Waals surface area contributed by atoms with E-state index >= 15 is 0 Å². The minimum Gasteiger partial charge on any atom is -0.489 e. The second kappa shape index (κ2) is 5.79. The molecule has 0 aliphatic rings. The lowest BCUT2D eigenvalue weighted by molar-refractivity contribution is -0.104. The summed E-state index contributed by atoms with van der Waals surface area (Å²) >= 11 is 11.5. The SMILES string of the molecule is C/C(C=O)=C\COc1ccc(Cl)c(Cl)c1. The van der Waals surface area contributed by atoms with E-state index in [1.54, 1.807) is 31.2 Å². The lowest BCUT2D eigenvalue weighted by atomic mass is 10.3. The van der Waals surface area contributed by atoms with Crippen LogP contribution >= 0.6 is 23.2 Å². The maximum Gasteiger partial charge on any atom is 0.145 e. The summed E-state index contributed by atoms with van der Waals surface area (Å²) < 4.78 is 5.34. The molecule has 0 aromatic heterocycles. The highest BCUT2D eigenvalue weighted by molar-refractivity contribution is 6.42. The molecule has 2 nitrogen and oxygen atoms in total. The van der Waals surface area contributed by atoms with Gasteiger partial charge in [0, 0.05) is 6.07 Å².